The summed E-state index contributed by atoms with van der Waals surface area (Å²) in [5, 5.41) is 30.0. The molecule has 1 atom stereocenters. The maximum Gasteiger partial charge on any atom is 0.408 e. The molecule has 0 unspecified atom stereocenters. The summed E-state index contributed by atoms with van der Waals surface area (Å²) >= 11 is 0. The first kappa shape index (κ1) is 35.5. The molecule has 220 valence electrons. The van der Waals surface area contributed by atoms with Gasteiger partial charge in [0.15, 0.2) is 11.5 Å². The third kappa shape index (κ3) is 15.7. The minimum absolute atomic E-state index is 0.0532. The van der Waals surface area contributed by atoms with Gasteiger partial charge in [-0.2, -0.15) is 0 Å². The first-order valence-electron chi connectivity index (χ1n) is 14.4. The number of phenolic OH excluding ortho intramolecular Hbond substituents is 2. The maximum atomic E-state index is 11.6. The van der Waals surface area contributed by atoms with E-state index in [4.69, 9.17) is 9.84 Å². The number of phenols is 2. The fourth-order valence-corrected chi connectivity index (χ4v) is 4.23. The molecule has 0 bridgehead atoms. The number of hydrogen-bond acceptors (Lipinski definition) is 5. The van der Waals surface area contributed by atoms with Gasteiger partial charge >= 0.3 is 12.1 Å². The van der Waals surface area contributed by atoms with Gasteiger partial charge in [-0.25, -0.2) is 9.59 Å². The molecule has 0 saturated carbocycles. The summed E-state index contributed by atoms with van der Waals surface area (Å²) in [4.78, 5) is 22.8. The van der Waals surface area contributed by atoms with Gasteiger partial charge in [-0.15, -0.1) is 0 Å². The molecule has 0 aliphatic rings. The zero-order valence-electron chi connectivity index (χ0n) is 25.0. The second kappa shape index (κ2) is 18.7. The minimum Gasteiger partial charge on any atom is -0.504 e. The van der Waals surface area contributed by atoms with Crippen LogP contribution >= 0.6 is 0 Å². The van der Waals surface area contributed by atoms with Crippen LogP contribution in [0.1, 0.15) is 105 Å². The van der Waals surface area contributed by atoms with E-state index in [1.54, 1.807) is 20.8 Å². The summed E-state index contributed by atoms with van der Waals surface area (Å²) in [5.74, 6) is -1.88. The number of amides is 1. The van der Waals surface area contributed by atoms with Crippen LogP contribution in [0, 0.1) is 0 Å². The summed E-state index contributed by atoms with van der Waals surface area (Å²) in [7, 11) is 0. The third-order valence-corrected chi connectivity index (χ3v) is 6.41. The highest BCUT2D eigenvalue weighted by Gasteiger charge is 2.25. The van der Waals surface area contributed by atoms with Crippen LogP contribution in [0.3, 0.4) is 0 Å². The van der Waals surface area contributed by atoms with Crippen molar-refractivity contribution in [3.8, 4) is 11.5 Å². The Morgan fingerprint density at radius 1 is 0.842 bits per heavy atom. The number of rotatable bonds is 16. The zero-order chi connectivity index (χ0) is 29.2. The molecule has 8 nitrogen and oxygen atoms in total. The van der Waals surface area contributed by atoms with Crippen LogP contribution in [0.15, 0.2) is 18.2 Å². The van der Waals surface area contributed by atoms with Crippen molar-refractivity contribution in [3.05, 3.63) is 23.8 Å². The van der Waals surface area contributed by atoms with Gasteiger partial charge < -0.3 is 29.9 Å². The van der Waals surface area contributed by atoms with Gasteiger partial charge in [-0.1, -0.05) is 59.4 Å². The number of carbonyl (C=O) groups excluding carboxylic acids is 1. The molecule has 0 spiro atoms. The number of aliphatic carboxylic acids is 1. The molecular formula is C30H55N2O6+. The number of unbranched alkanes of at least 4 members (excludes halogenated alkanes) is 4. The first-order valence-corrected chi connectivity index (χ1v) is 14.4. The van der Waals surface area contributed by atoms with Crippen molar-refractivity contribution in [2.75, 3.05) is 26.2 Å². The normalized spacial score (nSPS) is 12.3. The number of nitrogens with one attached hydrogen (secondary N) is 1. The molecule has 0 saturated heterocycles. The molecule has 0 aromatic heterocycles. The quantitative estimate of drug-likeness (QED) is 0.139. The lowest BCUT2D eigenvalue weighted by Crippen LogP contribution is -2.50. The van der Waals surface area contributed by atoms with Crippen molar-refractivity contribution >= 4 is 12.1 Å². The van der Waals surface area contributed by atoms with Crippen LogP contribution < -0.4 is 5.32 Å². The summed E-state index contributed by atoms with van der Waals surface area (Å²) in [6, 6.07) is 2.74. The molecule has 0 heterocycles. The Bertz CT molecular complexity index is 769. The predicted octanol–water partition coefficient (Wildman–Crippen LogP) is 6.62. The molecule has 1 aromatic carbocycles. The fourth-order valence-electron chi connectivity index (χ4n) is 4.23. The molecule has 8 heteroatoms. The van der Waals surface area contributed by atoms with Gasteiger partial charge in [0.2, 0.25) is 0 Å². The Labute approximate surface area is 231 Å². The number of alkyl carbamates (subject to hydrolysis) is 1. The van der Waals surface area contributed by atoms with Crippen LogP contribution in [0.25, 0.3) is 0 Å². The summed E-state index contributed by atoms with van der Waals surface area (Å²) < 4.78 is 6.42. The number of carbonyl (C=O) groups is 2. The number of benzene rings is 1. The highest BCUT2D eigenvalue weighted by molar-refractivity contribution is 5.80. The van der Waals surface area contributed by atoms with E-state index in [0.29, 0.717) is 5.56 Å². The van der Waals surface area contributed by atoms with Gasteiger partial charge in [0.05, 0.1) is 26.2 Å². The molecule has 0 fully saturated rings. The Morgan fingerprint density at radius 2 is 1.29 bits per heavy atom. The Hall–Kier alpha value is -2.48. The van der Waals surface area contributed by atoms with Crippen LogP contribution in [0.4, 0.5) is 4.79 Å². The van der Waals surface area contributed by atoms with Crippen molar-refractivity contribution in [2.24, 2.45) is 0 Å². The Balaban J connectivity index is 0.000000739. The van der Waals surface area contributed by atoms with Gasteiger partial charge in [0.1, 0.15) is 11.6 Å². The lowest BCUT2D eigenvalue weighted by atomic mass is 10.1. The number of carboxylic acid groups (broad SMARTS) is 1. The molecule has 0 aliphatic carbocycles. The van der Waals surface area contributed by atoms with Crippen molar-refractivity contribution in [3.63, 3.8) is 0 Å². The van der Waals surface area contributed by atoms with Crippen molar-refractivity contribution < 1.29 is 34.1 Å². The van der Waals surface area contributed by atoms with Crippen LogP contribution in [0.2, 0.25) is 0 Å². The fraction of sp³-hybridized carbons (Fsp3) is 0.733. The van der Waals surface area contributed by atoms with E-state index in [1.807, 2.05) is 0 Å². The Morgan fingerprint density at radius 3 is 1.63 bits per heavy atom. The monoisotopic (exact) mass is 539 g/mol. The molecule has 0 aliphatic heterocycles. The van der Waals surface area contributed by atoms with Gasteiger partial charge in [-0.3, -0.25) is 0 Å². The SMILES string of the molecule is CC(C)(C)OC(=O)N[C@@H](Cc1ccc(O)c(O)c1)C(=O)O.CCCC[N+](CCCC)(CCCC)CCCC. The minimum atomic E-state index is -1.23. The van der Waals surface area contributed by atoms with Crippen LogP contribution in [-0.2, 0) is 16.0 Å². The van der Waals surface area contributed by atoms with E-state index in [9.17, 15) is 19.8 Å². The standard InChI is InChI=1S/C16H36N.C14H19NO6/c1-5-9-13-17(14-10-6-2,15-11-7-3)16-12-8-4;1-14(2,3)21-13(20)15-9(12(18)19)6-8-4-5-10(16)11(17)7-8/h5-16H2,1-4H3;4-5,7,9,16-17H,6H2,1-3H3,(H,15,20)(H,18,19)/q+1;/t;9-/m.0/s1. The van der Waals surface area contributed by atoms with Crippen molar-refractivity contribution in [2.45, 2.75) is 118 Å². The average molecular weight is 540 g/mol. The maximum absolute atomic E-state index is 11.6. The van der Waals surface area contributed by atoms with Crippen LogP contribution in [-0.4, -0.2) is 69.7 Å². The average Bonchev–Trinajstić information content (AvgIpc) is 2.84. The predicted molar refractivity (Wildman–Crippen MR) is 154 cm³/mol. The van der Waals surface area contributed by atoms with E-state index >= 15 is 0 Å². The molecule has 1 aromatic rings. The van der Waals surface area contributed by atoms with Gasteiger partial charge in [0, 0.05) is 6.42 Å². The Kier molecular flexibility index (Phi) is 17.5. The van der Waals surface area contributed by atoms with E-state index in [2.05, 4.69) is 33.0 Å². The lowest BCUT2D eigenvalue weighted by molar-refractivity contribution is -0.929. The number of nitrogens with zero attached hydrogens (tertiary/aromatic N) is 1. The molecule has 1 amide bonds. The van der Waals surface area contributed by atoms with Crippen molar-refractivity contribution in [1.82, 2.24) is 5.32 Å². The molecule has 1 rings (SSSR count). The highest BCUT2D eigenvalue weighted by Crippen LogP contribution is 2.25. The number of hydrogen-bond donors (Lipinski definition) is 4. The zero-order valence-corrected chi connectivity index (χ0v) is 25.0. The summed E-state index contributed by atoms with van der Waals surface area (Å²) in [6.45, 7) is 20.0. The van der Waals surface area contributed by atoms with Crippen molar-refractivity contribution in [1.29, 1.82) is 0 Å². The molecular weight excluding hydrogens is 484 g/mol. The highest BCUT2D eigenvalue weighted by atomic mass is 16.6. The topological polar surface area (TPSA) is 116 Å². The van der Waals surface area contributed by atoms with Crippen LogP contribution in [0.5, 0.6) is 11.5 Å². The smallest absolute Gasteiger partial charge is 0.408 e. The third-order valence-electron chi connectivity index (χ3n) is 6.41. The number of aromatic hydroxyl groups is 2. The summed E-state index contributed by atoms with van der Waals surface area (Å²) in [6.07, 6.45) is 10.2. The largest absolute Gasteiger partial charge is 0.504 e. The van der Waals surface area contributed by atoms with E-state index in [-0.39, 0.29) is 17.9 Å². The first-order chi connectivity index (χ1) is 17.8. The number of quaternary nitrogens is 1. The van der Waals surface area contributed by atoms with E-state index in [0.717, 1.165) is 0 Å². The molecule has 4 N–H and O–H groups in total. The molecule has 0 radical (unpaired) electrons. The van der Waals surface area contributed by atoms with Gasteiger partial charge in [0.25, 0.3) is 0 Å². The van der Waals surface area contributed by atoms with E-state index < -0.39 is 23.7 Å². The lowest BCUT2D eigenvalue weighted by Gasteiger charge is -2.39. The second-order valence-corrected chi connectivity index (χ2v) is 11.2. The second-order valence-electron chi connectivity index (χ2n) is 11.2. The number of ether oxygens (including phenoxy) is 1. The number of carboxylic acids is 1. The van der Waals surface area contributed by atoms with E-state index in [1.165, 1.54) is 100 Å². The molecule has 38 heavy (non-hydrogen) atoms. The van der Waals surface area contributed by atoms with Gasteiger partial charge in [-0.05, 0) is 64.2 Å². The summed E-state index contributed by atoms with van der Waals surface area (Å²) in [5.41, 5.74) is -0.280.